The SMILES string of the molecule is CCOC(=O)Cn1c(=NC(=O)c2ccc(C)cc2)sc2ccc([N+](=O)[O-])cc21. The zero-order valence-electron chi connectivity index (χ0n) is 15.2. The molecule has 0 radical (unpaired) electrons. The van der Waals surface area contributed by atoms with Crippen molar-refractivity contribution in [2.75, 3.05) is 6.61 Å². The van der Waals surface area contributed by atoms with Gasteiger partial charge in [0.1, 0.15) is 6.54 Å². The number of carbonyl (C=O) groups excluding carboxylic acids is 2. The van der Waals surface area contributed by atoms with Gasteiger partial charge in [-0.2, -0.15) is 4.99 Å². The minimum atomic E-state index is -0.516. The lowest BCUT2D eigenvalue weighted by molar-refractivity contribution is -0.384. The second kappa shape index (κ2) is 8.13. The van der Waals surface area contributed by atoms with Gasteiger partial charge in [0.15, 0.2) is 4.80 Å². The molecule has 28 heavy (non-hydrogen) atoms. The molecule has 0 saturated heterocycles. The highest BCUT2D eigenvalue weighted by Crippen LogP contribution is 2.23. The molecule has 0 atom stereocenters. The number of aromatic nitrogens is 1. The maximum absolute atomic E-state index is 12.5. The molecule has 0 aliphatic rings. The van der Waals surface area contributed by atoms with Gasteiger partial charge in [-0.15, -0.1) is 0 Å². The average molecular weight is 399 g/mol. The van der Waals surface area contributed by atoms with Crippen LogP contribution in [0, 0.1) is 17.0 Å². The normalized spacial score (nSPS) is 11.6. The maximum Gasteiger partial charge on any atom is 0.326 e. The Morgan fingerprint density at radius 1 is 1.21 bits per heavy atom. The minimum Gasteiger partial charge on any atom is -0.465 e. The predicted molar refractivity (Wildman–Crippen MR) is 104 cm³/mol. The van der Waals surface area contributed by atoms with E-state index < -0.39 is 16.8 Å². The van der Waals surface area contributed by atoms with Crippen molar-refractivity contribution >= 4 is 39.1 Å². The molecule has 0 aliphatic heterocycles. The molecule has 9 heteroatoms. The minimum absolute atomic E-state index is 0.112. The highest BCUT2D eigenvalue weighted by molar-refractivity contribution is 7.16. The van der Waals surface area contributed by atoms with Gasteiger partial charge in [0.05, 0.1) is 21.7 Å². The van der Waals surface area contributed by atoms with Crippen molar-refractivity contribution in [2.24, 2.45) is 4.99 Å². The van der Waals surface area contributed by atoms with Crippen LogP contribution in [-0.4, -0.2) is 28.0 Å². The first kappa shape index (κ1) is 19.4. The fraction of sp³-hybridized carbons (Fsp3) is 0.211. The number of benzene rings is 2. The molecule has 2 aromatic carbocycles. The monoisotopic (exact) mass is 399 g/mol. The van der Waals surface area contributed by atoms with Gasteiger partial charge in [-0.05, 0) is 32.0 Å². The van der Waals surface area contributed by atoms with Gasteiger partial charge < -0.3 is 9.30 Å². The first-order chi connectivity index (χ1) is 13.4. The number of esters is 1. The number of amides is 1. The van der Waals surface area contributed by atoms with Crippen molar-refractivity contribution in [2.45, 2.75) is 20.4 Å². The smallest absolute Gasteiger partial charge is 0.326 e. The van der Waals surface area contributed by atoms with Crippen LogP contribution < -0.4 is 4.80 Å². The van der Waals surface area contributed by atoms with Crippen molar-refractivity contribution in [3.63, 3.8) is 0 Å². The van der Waals surface area contributed by atoms with Crippen LogP contribution in [0.1, 0.15) is 22.8 Å². The van der Waals surface area contributed by atoms with E-state index in [9.17, 15) is 19.7 Å². The molecule has 0 N–H and O–H groups in total. The van der Waals surface area contributed by atoms with Gasteiger partial charge in [0.25, 0.3) is 11.6 Å². The molecular formula is C19H17N3O5S. The highest BCUT2D eigenvalue weighted by atomic mass is 32.1. The van der Waals surface area contributed by atoms with Crippen LogP contribution in [0.5, 0.6) is 0 Å². The topological polar surface area (TPSA) is 104 Å². The number of carbonyl (C=O) groups is 2. The number of ether oxygens (including phenoxy) is 1. The fourth-order valence-corrected chi connectivity index (χ4v) is 3.60. The molecule has 3 aromatic rings. The van der Waals surface area contributed by atoms with Crippen molar-refractivity contribution in [1.82, 2.24) is 4.57 Å². The first-order valence-corrected chi connectivity index (χ1v) is 9.30. The summed E-state index contributed by atoms with van der Waals surface area (Å²) in [5.41, 5.74) is 1.77. The second-order valence-corrected chi connectivity index (χ2v) is 6.98. The number of non-ortho nitro benzene ring substituents is 1. The molecule has 3 rings (SSSR count). The number of thiazole rings is 1. The van der Waals surface area contributed by atoms with Gasteiger partial charge in [0.2, 0.25) is 0 Å². The van der Waals surface area contributed by atoms with E-state index in [4.69, 9.17) is 4.74 Å². The Morgan fingerprint density at radius 2 is 1.93 bits per heavy atom. The molecule has 1 heterocycles. The third-order valence-corrected chi connectivity index (χ3v) is 5.02. The van der Waals surface area contributed by atoms with Gasteiger partial charge in [0, 0.05) is 17.7 Å². The van der Waals surface area contributed by atoms with Gasteiger partial charge >= 0.3 is 5.97 Å². The number of nitro benzene ring substituents is 1. The van der Waals surface area contributed by atoms with E-state index in [1.165, 1.54) is 28.0 Å². The van der Waals surface area contributed by atoms with Crippen LogP contribution in [0.25, 0.3) is 10.2 Å². The molecule has 144 valence electrons. The molecule has 0 aliphatic carbocycles. The quantitative estimate of drug-likeness (QED) is 0.372. The van der Waals surface area contributed by atoms with Crippen LogP contribution in [0.15, 0.2) is 47.5 Å². The first-order valence-electron chi connectivity index (χ1n) is 8.48. The van der Waals surface area contributed by atoms with Crippen LogP contribution in [0.2, 0.25) is 0 Å². The lowest BCUT2D eigenvalue weighted by Gasteiger charge is -2.05. The Labute approximate surface area is 163 Å². The summed E-state index contributed by atoms with van der Waals surface area (Å²) in [6, 6.07) is 11.3. The van der Waals surface area contributed by atoms with E-state index in [0.29, 0.717) is 15.8 Å². The molecule has 0 spiro atoms. The molecule has 0 fully saturated rings. The predicted octanol–water partition coefficient (Wildman–Crippen LogP) is 3.22. The Balaban J connectivity index is 2.14. The summed E-state index contributed by atoms with van der Waals surface area (Å²) in [4.78, 5) is 39.6. The Morgan fingerprint density at radius 3 is 2.57 bits per heavy atom. The standard InChI is InChI=1S/C19H17N3O5S/c1-3-27-17(23)11-21-15-10-14(22(25)26)8-9-16(15)28-19(21)20-18(24)13-6-4-12(2)5-7-13/h4-10H,3,11H2,1-2H3. The van der Waals surface area contributed by atoms with Gasteiger partial charge in [-0.3, -0.25) is 19.7 Å². The summed E-state index contributed by atoms with van der Waals surface area (Å²) in [7, 11) is 0. The number of nitrogens with zero attached hydrogens (tertiary/aromatic N) is 3. The summed E-state index contributed by atoms with van der Waals surface area (Å²) in [5.74, 6) is -0.975. The van der Waals surface area contributed by atoms with E-state index in [1.807, 2.05) is 19.1 Å². The third kappa shape index (κ3) is 4.15. The molecular weight excluding hydrogens is 382 g/mol. The molecule has 8 nitrogen and oxygen atoms in total. The van der Waals surface area contributed by atoms with E-state index >= 15 is 0 Å². The Hall–Kier alpha value is -3.33. The fourth-order valence-electron chi connectivity index (χ4n) is 2.59. The summed E-state index contributed by atoms with van der Waals surface area (Å²) < 4.78 is 7.12. The molecule has 1 amide bonds. The number of rotatable bonds is 5. The van der Waals surface area contributed by atoms with E-state index in [2.05, 4.69) is 4.99 Å². The van der Waals surface area contributed by atoms with Crippen molar-refractivity contribution in [1.29, 1.82) is 0 Å². The third-order valence-electron chi connectivity index (χ3n) is 3.96. The highest BCUT2D eigenvalue weighted by Gasteiger charge is 2.16. The molecule has 0 saturated carbocycles. The summed E-state index contributed by atoms with van der Waals surface area (Å²) in [6.45, 7) is 3.61. The number of fused-ring (bicyclic) bond motifs is 1. The molecule has 1 aromatic heterocycles. The van der Waals surface area contributed by atoms with Crippen molar-refractivity contribution < 1.29 is 19.2 Å². The number of nitro groups is 1. The Kier molecular flexibility index (Phi) is 5.65. The molecule has 0 bridgehead atoms. The lowest BCUT2D eigenvalue weighted by Crippen LogP contribution is -2.23. The molecule has 0 unspecified atom stereocenters. The zero-order chi connectivity index (χ0) is 20.3. The van der Waals surface area contributed by atoms with E-state index in [1.54, 1.807) is 25.1 Å². The average Bonchev–Trinajstić information content (AvgIpc) is 2.98. The largest absolute Gasteiger partial charge is 0.465 e. The van der Waals surface area contributed by atoms with Gasteiger partial charge in [-0.25, -0.2) is 0 Å². The van der Waals surface area contributed by atoms with E-state index in [-0.39, 0.29) is 23.6 Å². The number of hydrogen-bond donors (Lipinski definition) is 0. The van der Waals surface area contributed by atoms with Crippen molar-refractivity contribution in [3.8, 4) is 0 Å². The van der Waals surface area contributed by atoms with Crippen LogP contribution >= 0.6 is 11.3 Å². The van der Waals surface area contributed by atoms with Crippen molar-refractivity contribution in [3.05, 3.63) is 68.5 Å². The van der Waals surface area contributed by atoms with Gasteiger partial charge in [-0.1, -0.05) is 29.0 Å². The summed E-state index contributed by atoms with van der Waals surface area (Å²) >= 11 is 1.18. The summed E-state index contributed by atoms with van der Waals surface area (Å²) in [5, 5.41) is 11.1. The van der Waals surface area contributed by atoms with E-state index in [0.717, 1.165) is 5.56 Å². The van der Waals surface area contributed by atoms with Crippen LogP contribution in [0.3, 0.4) is 0 Å². The Bertz CT molecular complexity index is 1130. The lowest BCUT2D eigenvalue weighted by atomic mass is 10.1. The number of hydrogen-bond acceptors (Lipinski definition) is 6. The van der Waals surface area contributed by atoms with Crippen LogP contribution in [-0.2, 0) is 16.1 Å². The van der Waals surface area contributed by atoms with Crippen LogP contribution in [0.4, 0.5) is 5.69 Å². The number of aryl methyl sites for hydroxylation is 1. The summed E-state index contributed by atoms with van der Waals surface area (Å²) in [6.07, 6.45) is 0. The zero-order valence-corrected chi connectivity index (χ0v) is 16.1. The second-order valence-electron chi connectivity index (χ2n) is 5.97. The maximum atomic E-state index is 12.5.